The van der Waals surface area contributed by atoms with Crippen LogP contribution in [0.4, 0.5) is 27.4 Å². The first kappa shape index (κ1) is 24.0. The van der Waals surface area contributed by atoms with Crippen LogP contribution in [0, 0.1) is 5.82 Å². The van der Waals surface area contributed by atoms with Crippen molar-refractivity contribution in [2.45, 2.75) is 19.4 Å². The maximum atomic E-state index is 15.5. The Hall–Kier alpha value is -3.69. The lowest BCUT2D eigenvalue weighted by atomic mass is 10.1. The predicted molar refractivity (Wildman–Crippen MR) is 143 cm³/mol. The van der Waals surface area contributed by atoms with Gasteiger partial charge < -0.3 is 25.4 Å². The Morgan fingerprint density at radius 1 is 1.28 bits per heavy atom. The lowest BCUT2D eigenvalue weighted by Crippen LogP contribution is -2.32. The molecule has 186 valence electrons. The van der Waals surface area contributed by atoms with Crippen molar-refractivity contribution in [2.24, 2.45) is 0 Å². The average molecular weight is 508 g/mol. The number of likely N-dealkylation sites (N-methyl/N-ethyl adjacent to an activating group) is 1. The minimum absolute atomic E-state index is 0.259. The Morgan fingerprint density at radius 3 is 2.83 bits per heavy atom. The Balaban J connectivity index is 1.48. The zero-order valence-electron chi connectivity index (χ0n) is 20.3. The van der Waals surface area contributed by atoms with Gasteiger partial charge in [-0.2, -0.15) is 0 Å². The fraction of sp³-hybridized carbons (Fsp3) is 0.269. The molecule has 1 saturated heterocycles. The van der Waals surface area contributed by atoms with Crippen molar-refractivity contribution in [3.8, 4) is 11.3 Å². The highest BCUT2D eigenvalue weighted by Crippen LogP contribution is 2.37. The van der Waals surface area contributed by atoms with E-state index >= 15 is 4.39 Å². The van der Waals surface area contributed by atoms with Crippen LogP contribution >= 0.6 is 11.6 Å². The second-order valence-electron chi connectivity index (χ2n) is 9.15. The molecule has 10 heteroatoms. The van der Waals surface area contributed by atoms with Gasteiger partial charge in [0.1, 0.15) is 0 Å². The van der Waals surface area contributed by atoms with E-state index in [0.717, 1.165) is 22.9 Å². The number of para-hydroxylation sites is 1. The SMILES string of the molecule is CC(=O)Nc1cc(Nc2ncc(Cl)c(-c3c[nH]c4ccccc34)n2)cc(F)c1N1CCC(N(C)C)C1. The van der Waals surface area contributed by atoms with E-state index in [1.807, 2.05) is 49.5 Å². The molecule has 1 atom stereocenters. The van der Waals surface area contributed by atoms with Gasteiger partial charge in [0.2, 0.25) is 11.9 Å². The molecule has 0 radical (unpaired) electrons. The largest absolute Gasteiger partial charge is 0.366 e. The molecule has 3 heterocycles. The summed E-state index contributed by atoms with van der Waals surface area (Å²) in [6.45, 7) is 2.79. The fourth-order valence-electron chi connectivity index (χ4n) is 4.66. The van der Waals surface area contributed by atoms with Crippen molar-refractivity contribution in [1.29, 1.82) is 0 Å². The number of fused-ring (bicyclic) bond motifs is 1. The first-order valence-electron chi connectivity index (χ1n) is 11.7. The van der Waals surface area contributed by atoms with Gasteiger partial charge in [-0.3, -0.25) is 4.79 Å². The number of amides is 1. The molecule has 1 fully saturated rings. The van der Waals surface area contributed by atoms with Crippen molar-refractivity contribution in [1.82, 2.24) is 19.9 Å². The molecule has 0 spiro atoms. The Bertz CT molecular complexity index is 1440. The fourth-order valence-corrected chi connectivity index (χ4v) is 4.85. The maximum Gasteiger partial charge on any atom is 0.227 e. The molecule has 2 aromatic carbocycles. The summed E-state index contributed by atoms with van der Waals surface area (Å²) in [5.74, 6) is -0.455. The van der Waals surface area contributed by atoms with Crippen LogP contribution in [0.1, 0.15) is 13.3 Å². The van der Waals surface area contributed by atoms with Crippen LogP contribution in [0.15, 0.2) is 48.8 Å². The van der Waals surface area contributed by atoms with E-state index in [0.29, 0.717) is 46.9 Å². The third-order valence-electron chi connectivity index (χ3n) is 6.43. The number of anilines is 4. The minimum atomic E-state index is -0.436. The van der Waals surface area contributed by atoms with Crippen molar-refractivity contribution in [2.75, 3.05) is 42.7 Å². The van der Waals surface area contributed by atoms with Gasteiger partial charge in [-0.1, -0.05) is 29.8 Å². The molecule has 0 saturated carbocycles. The zero-order valence-corrected chi connectivity index (χ0v) is 21.0. The molecule has 0 bridgehead atoms. The second-order valence-corrected chi connectivity index (χ2v) is 9.56. The van der Waals surface area contributed by atoms with Crippen LogP contribution in [-0.2, 0) is 4.79 Å². The van der Waals surface area contributed by atoms with Gasteiger partial charge in [0.25, 0.3) is 0 Å². The molecule has 4 aromatic rings. The van der Waals surface area contributed by atoms with E-state index in [9.17, 15) is 4.79 Å². The van der Waals surface area contributed by atoms with Gasteiger partial charge in [0.15, 0.2) is 5.82 Å². The van der Waals surface area contributed by atoms with E-state index in [1.54, 1.807) is 6.07 Å². The predicted octanol–water partition coefficient (Wildman–Crippen LogP) is 5.26. The minimum Gasteiger partial charge on any atom is -0.366 e. The Morgan fingerprint density at radius 2 is 2.08 bits per heavy atom. The lowest BCUT2D eigenvalue weighted by molar-refractivity contribution is -0.114. The number of nitrogens with zero attached hydrogens (tertiary/aromatic N) is 4. The van der Waals surface area contributed by atoms with Gasteiger partial charge >= 0.3 is 0 Å². The van der Waals surface area contributed by atoms with Gasteiger partial charge in [0, 0.05) is 54.4 Å². The van der Waals surface area contributed by atoms with Crippen molar-refractivity contribution >= 4 is 51.4 Å². The summed E-state index contributed by atoms with van der Waals surface area (Å²) in [5, 5.41) is 7.23. The van der Waals surface area contributed by atoms with Crippen LogP contribution in [0.5, 0.6) is 0 Å². The number of aromatic nitrogens is 3. The first-order chi connectivity index (χ1) is 17.3. The van der Waals surface area contributed by atoms with Crippen LogP contribution in [-0.4, -0.2) is 59.0 Å². The maximum absolute atomic E-state index is 15.5. The van der Waals surface area contributed by atoms with Crippen LogP contribution < -0.4 is 15.5 Å². The summed E-state index contributed by atoms with van der Waals surface area (Å²) < 4.78 is 15.5. The molecule has 1 aliphatic rings. The second kappa shape index (κ2) is 9.75. The van der Waals surface area contributed by atoms with Crippen LogP contribution in [0.25, 0.3) is 22.2 Å². The third-order valence-corrected chi connectivity index (χ3v) is 6.71. The molecular formula is C26H27ClFN7O. The Labute approximate surface area is 213 Å². The van der Waals surface area contributed by atoms with Crippen molar-refractivity contribution in [3.05, 3.63) is 59.6 Å². The number of carbonyl (C=O) groups excluding carboxylic acids is 1. The standard InChI is InChI=1S/C26H27ClFN7O/c1-15(36)31-23-11-16(10-21(28)25(23)35-9-8-17(14-35)34(2)3)32-26-30-13-20(27)24(33-26)19-12-29-22-7-5-4-6-18(19)22/h4-7,10-13,17,29H,8-9,14H2,1-3H3,(H,31,36)(H,30,32,33). The number of halogens is 2. The summed E-state index contributed by atoms with van der Waals surface area (Å²) in [6.07, 6.45) is 4.28. The highest BCUT2D eigenvalue weighted by atomic mass is 35.5. The van der Waals surface area contributed by atoms with E-state index < -0.39 is 5.82 Å². The molecule has 36 heavy (non-hydrogen) atoms. The molecule has 1 amide bonds. The summed E-state index contributed by atoms with van der Waals surface area (Å²) >= 11 is 6.44. The monoisotopic (exact) mass is 507 g/mol. The number of rotatable bonds is 6. The molecule has 1 aliphatic heterocycles. The number of hydrogen-bond donors (Lipinski definition) is 3. The summed E-state index contributed by atoms with van der Waals surface area (Å²) in [7, 11) is 4.03. The smallest absolute Gasteiger partial charge is 0.227 e. The normalized spacial score (nSPS) is 15.6. The lowest BCUT2D eigenvalue weighted by Gasteiger charge is -2.25. The molecule has 5 rings (SSSR count). The summed E-state index contributed by atoms with van der Waals surface area (Å²) in [5.41, 5.74) is 3.55. The molecular weight excluding hydrogens is 481 g/mol. The molecule has 0 aliphatic carbocycles. The topological polar surface area (TPSA) is 89.2 Å². The summed E-state index contributed by atoms with van der Waals surface area (Å²) in [6, 6.07) is 11.3. The quantitative estimate of drug-likeness (QED) is 0.330. The highest BCUT2D eigenvalue weighted by molar-refractivity contribution is 6.33. The molecule has 1 unspecified atom stereocenters. The van der Waals surface area contributed by atoms with E-state index in [-0.39, 0.29) is 11.9 Å². The van der Waals surface area contributed by atoms with E-state index in [1.165, 1.54) is 19.2 Å². The van der Waals surface area contributed by atoms with Crippen molar-refractivity contribution in [3.63, 3.8) is 0 Å². The Kier molecular flexibility index (Phi) is 6.51. The highest BCUT2D eigenvalue weighted by Gasteiger charge is 2.28. The van der Waals surface area contributed by atoms with Gasteiger partial charge in [-0.15, -0.1) is 0 Å². The van der Waals surface area contributed by atoms with Gasteiger partial charge in [-0.25, -0.2) is 14.4 Å². The number of nitrogens with one attached hydrogen (secondary N) is 3. The van der Waals surface area contributed by atoms with Crippen molar-refractivity contribution < 1.29 is 9.18 Å². The number of benzene rings is 2. The average Bonchev–Trinajstić information content (AvgIpc) is 3.47. The first-order valence-corrected chi connectivity index (χ1v) is 12.1. The van der Waals surface area contributed by atoms with E-state index in [2.05, 4.69) is 30.5 Å². The van der Waals surface area contributed by atoms with Crippen LogP contribution in [0.3, 0.4) is 0 Å². The number of hydrogen-bond acceptors (Lipinski definition) is 6. The molecule has 2 aromatic heterocycles. The summed E-state index contributed by atoms with van der Waals surface area (Å²) in [4.78, 5) is 28.2. The number of carbonyl (C=O) groups is 1. The van der Waals surface area contributed by atoms with Gasteiger partial charge in [-0.05, 0) is 38.7 Å². The third kappa shape index (κ3) is 4.72. The zero-order chi connectivity index (χ0) is 25.4. The molecule has 3 N–H and O–H groups in total. The van der Waals surface area contributed by atoms with Crippen LogP contribution in [0.2, 0.25) is 5.02 Å². The number of H-pyrrole nitrogens is 1. The van der Waals surface area contributed by atoms with Gasteiger partial charge in [0.05, 0.1) is 28.3 Å². The molecule has 8 nitrogen and oxygen atoms in total. The number of aromatic amines is 1. The van der Waals surface area contributed by atoms with E-state index in [4.69, 9.17) is 11.6 Å².